The highest BCUT2D eigenvalue weighted by Crippen LogP contribution is 2.26. The maximum absolute atomic E-state index is 13.8. The minimum atomic E-state index is -4.15. The summed E-state index contributed by atoms with van der Waals surface area (Å²) in [7, 11) is -4.15. The minimum absolute atomic E-state index is 0.0142. The Balaban J connectivity index is 2.03. The van der Waals surface area contributed by atoms with E-state index in [2.05, 4.69) is 5.32 Å². The van der Waals surface area contributed by atoms with Crippen LogP contribution in [0.4, 0.5) is 5.69 Å². The minimum Gasteiger partial charge on any atom is -0.355 e. The molecule has 3 aromatic rings. The van der Waals surface area contributed by atoms with Gasteiger partial charge in [-0.3, -0.25) is 13.9 Å². The molecule has 1 atom stereocenters. The molecule has 37 heavy (non-hydrogen) atoms. The van der Waals surface area contributed by atoms with Gasteiger partial charge in [0.15, 0.2) is 0 Å². The number of halogens is 2. The molecule has 3 aromatic carbocycles. The standard InChI is InChI=1S/C27H29Cl2N3O4S/c1-4-30-27(34)20(3)31(17-21-7-5-6-8-25(21)29)26(33)18-32(23-13-9-19(2)10-14-23)37(35,36)24-15-11-22(28)12-16-24/h5-16,20H,4,17-18H2,1-3H3,(H,30,34)/t20-/m0/s1. The lowest BCUT2D eigenvalue weighted by molar-refractivity contribution is -0.139. The molecule has 0 unspecified atom stereocenters. The maximum Gasteiger partial charge on any atom is 0.264 e. The number of amides is 2. The van der Waals surface area contributed by atoms with E-state index < -0.39 is 28.5 Å². The molecule has 0 aliphatic rings. The maximum atomic E-state index is 13.8. The van der Waals surface area contributed by atoms with E-state index in [1.54, 1.807) is 62.4 Å². The van der Waals surface area contributed by atoms with Gasteiger partial charge in [0.1, 0.15) is 12.6 Å². The SMILES string of the molecule is CCNC(=O)[C@H](C)N(Cc1ccccc1Cl)C(=O)CN(c1ccc(C)cc1)S(=O)(=O)c1ccc(Cl)cc1. The predicted molar refractivity (Wildman–Crippen MR) is 147 cm³/mol. The van der Waals surface area contributed by atoms with Gasteiger partial charge in [-0.25, -0.2) is 8.42 Å². The van der Waals surface area contributed by atoms with E-state index in [4.69, 9.17) is 23.2 Å². The number of carbonyl (C=O) groups excluding carboxylic acids is 2. The lowest BCUT2D eigenvalue weighted by Crippen LogP contribution is -2.51. The van der Waals surface area contributed by atoms with E-state index in [0.717, 1.165) is 9.87 Å². The summed E-state index contributed by atoms with van der Waals surface area (Å²) >= 11 is 12.3. The van der Waals surface area contributed by atoms with Crippen molar-refractivity contribution >= 4 is 50.7 Å². The number of nitrogens with zero attached hydrogens (tertiary/aromatic N) is 2. The molecule has 0 aliphatic heterocycles. The Hall–Kier alpha value is -3.07. The number of benzene rings is 3. The molecule has 0 saturated heterocycles. The third-order valence-corrected chi connectivity index (χ3v) is 8.23. The molecule has 0 spiro atoms. The number of hydrogen-bond acceptors (Lipinski definition) is 4. The molecule has 0 aromatic heterocycles. The summed E-state index contributed by atoms with van der Waals surface area (Å²) in [4.78, 5) is 27.8. The highest BCUT2D eigenvalue weighted by molar-refractivity contribution is 7.92. The van der Waals surface area contributed by atoms with Gasteiger partial charge in [-0.1, -0.05) is 59.1 Å². The molecule has 2 amide bonds. The van der Waals surface area contributed by atoms with Crippen molar-refractivity contribution in [2.45, 2.75) is 38.3 Å². The average Bonchev–Trinajstić information content (AvgIpc) is 2.87. The summed E-state index contributed by atoms with van der Waals surface area (Å²) in [6, 6.07) is 18.7. The molecular formula is C27H29Cl2N3O4S. The van der Waals surface area contributed by atoms with E-state index in [9.17, 15) is 18.0 Å². The first kappa shape index (κ1) is 28.5. The molecule has 0 bridgehead atoms. The van der Waals surface area contributed by atoms with Crippen molar-refractivity contribution in [3.8, 4) is 0 Å². The highest BCUT2D eigenvalue weighted by Gasteiger charge is 2.32. The van der Waals surface area contributed by atoms with Gasteiger partial charge in [-0.15, -0.1) is 0 Å². The van der Waals surface area contributed by atoms with Crippen LogP contribution in [0.15, 0.2) is 77.7 Å². The summed E-state index contributed by atoms with van der Waals surface area (Å²) in [6.07, 6.45) is 0. The second-order valence-corrected chi connectivity index (χ2v) is 11.2. The summed E-state index contributed by atoms with van der Waals surface area (Å²) < 4.78 is 28.5. The number of likely N-dealkylation sites (N-methyl/N-ethyl adjacent to an activating group) is 1. The molecule has 0 saturated carbocycles. The van der Waals surface area contributed by atoms with Gasteiger partial charge in [0.2, 0.25) is 11.8 Å². The lowest BCUT2D eigenvalue weighted by atomic mass is 10.1. The first-order valence-corrected chi connectivity index (χ1v) is 13.9. The zero-order valence-electron chi connectivity index (χ0n) is 20.8. The predicted octanol–water partition coefficient (Wildman–Crippen LogP) is 5.05. The van der Waals surface area contributed by atoms with Crippen molar-refractivity contribution in [1.29, 1.82) is 0 Å². The fourth-order valence-corrected chi connectivity index (χ4v) is 5.42. The number of rotatable bonds is 10. The van der Waals surface area contributed by atoms with Gasteiger partial charge in [0, 0.05) is 23.1 Å². The van der Waals surface area contributed by atoms with E-state index in [-0.39, 0.29) is 17.3 Å². The van der Waals surface area contributed by atoms with Crippen LogP contribution in [-0.4, -0.2) is 44.3 Å². The van der Waals surface area contributed by atoms with Gasteiger partial charge in [0.05, 0.1) is 10.6 Å². The van der Waals surface area contributed by atoms with Crippen LogP contribution in [0.2, 0.25) is 10.0 Å². The van der Waals surface area contributed by atoms with Crippen LogP contribution >= 0.6 is 23.2 Å². The fraction of sp³-hybridized carbons (Fsp3) is 0.259. The Morgan fingerprint density at radius 3 is 2.16 bits per heavy atom. The average molecular weight is 563 g/mol. The van der Waals surface area contributed by atoms with Crippen LogP contribution in [0.1, 0.15) is 25.0 Å². The molecule has 196 valence electrons. The van der Waals surface area contributed by atoms with Crippen LogP contribution < -0.4 is 9.62 Å². The lowest BCUT2D eigenvalue weighted by Gasteiger charge is -2.32. The first-order chi connectivity index (χ1) is 17.5. The van der Waals surface area contributed by atoms with E-state index in [1.807, 2.05) is 6.92 Å². The van der Waals surface area contributed by atoms with Crippen LogP contribution in [-0.2, 0) is 26.2 Å². The van der Waals surface area contributed by atoms with Gasteiger partial charge < -0.3 is 10.2 Å². The first-order valence-electron chi connectivity index (χ1n) is 11.7. The summed E-state index contributed by atoms with van der Waals surface area (Å²) in [5, 5.41) is 3.55. The summed E-state index contributed by atoms with van der Waals surface area (Å²) in [5.41, 5.74) is 1.89. The van der Waals surface area contributed by atoms with Crippen LogP contribution in [0.3, 0.4) is 0 Å². The van der Waals surface area contributed by atoms with Gasteiger partial charge in [0.25, 0.3) is 10.0 Å². The van der Waals surface area contributed by atoms with E-state index in [1.165, 1.54) is 29.2 Å². The second kappa shape index (κ2) is 12.4. The second-order valence-electron chi connectivity index (χ2n) is 8.48. The number of nitrogens with one attached hydrogen (secondary N) is 1. The Morgan fingerprint density at radius 1 is 0.946 bits per heavy atom. The third-order valence-electron chi connectivity index (χ3n) is 5.82. The Kier molecular flexibility index (Phi) is 9.59. The largest absolute Gasteiger partial charge is 0.355 e. The smallest absolute Gasteiger partial charge is 0.264 e. The van der Waals surface area contributed by atoms with Crippen LogP contribution in [0.25, 0.3) is 0 Å². The molecular weight excluding hydrogens is 533 g/mol. The topological polar surface area (TPSA) is 86.8 Å². The van der Waals surface area contributed by atoms with Crippen molar-refractivity contribution in [2.75, 3.05) is 17.4 Å². The number of anilines is 1. The van der Waals surface area contributed by atoms with Crippen molar-refractivity contribution in [2.24, 2.45) is 0 Å². The van der Waals surface area contributed by atoms with Crippen LogP contribution in [0, 0.1) is 6.92 Å². The van der Waals surface area contributed by atoms with Gasteiger partial charge >= 0.3 is 0 Å². The van der Waals surface area contributed by atoms with E-state index >= 15 is 0 Å². The van der Waals surface area contributed by atoms with Crippen molar-refractivity contribution in [3.63, 3.8) is 0 Å². The number of sulfonamides is 1. The summed E-state index contributed by atoms with van der Waals surface area (Å²) in [5.74, 6) is -0.915. The Morgan fingerprint density at radius 2 is 1.57 bits per heavy atom. The summed E-state index contributed by atoms with van der Waals surface area (Å²) in [6.45, 7) is 5.15. The van der Waals surface area contributed by atoms with Gasteiger partial charge in [-0.2, -0.15) is 0 Å². The molecule has 3 rings (SSSR count). The Bertz CT molecular complexity index is 1350. The molecule has 0 radical (unpaired) electrons. The highest BCUT2D eigenvalue weighted by atomic mass is 35.5. The number of aryl methyl sites for hydroxylation is 1. The van der Waals surface area contributed by atoms with Crippen molar-refractivity contribution < 1.29 is 18.0 Å². The van der Waals surface area contributed by atoms with Crippen molar-refractivity contribution in [1.82, 2.24) is 10.2 Å². The quantitative estimate of drug-likeness (QED) is 0.375. The third kappa shape index (κ3) is 7.03. The molecule has 10 heteroatoms. The van der Waals surface area contributed by atoms with Crippen LogP contribution in [0.5, 0.6) is 0 Å². The zero-order chi connectivity index (χ0) is 27.2. The molecule has 7 nitrogen and oxygen atoms in total. The monoisotopic (exact) mass is 561 g/mol. The van der Waals surface area contributed by atoms with E-state index in [0.29, 0.717) is 27.8 Å². The normalized spacial score (nSPS) is 12.0. The molecule has 1 N–H and O–H groups in total. The number of hydrogen-bond donors (Lipinski definition) is 1. The molecule has 0 aliphatic carbocycles. The van der Waals surface area contributed by atoms with Crippen molar-refractivity contribution in [3.05, 3.63) is 94.0 Å². The zero-order valence-corrected chi connectivity index (χ0v) is 23.1. The fourth-order valence-electron chi connectivity index (χ4n) is 3.69. The molecule has 0 fully saturated rings. The molecule has 0 heterocycles. The number of carbonyl (C=O) groups is 2. The Labute approximate surface area is 228 Å². The van der Waals surface area contributed by atoms with Gasteiger partial charge in [-0.05, 0) is 68.8 Å².